The van der Waals surface area contributed by atoms with Gasteiger partial charge in [0.15, 0.2) is 5.60 Å². The molecule has 1 aromatic heterocycles. The molecule has 1 aliphatic carbocycles. The summed E-state index contributed by atoms with van der Waals surface area (Å²) in [6.07, 6.45) is -2.50. The molecule has 0 saturated carbocycles. The Morgan fingerprint density at radius 3 is 2.82 bits per heavy atom. The van der Waals surface area contributed by atoms with Gasteiger partial charge in [-0.15, -0.1) is 11.3 Å². The van der Waals surface area contributed by atoms with Gasteiger partial charge in [0.25, 0.3) is 0 Å². The van der Waals surface area contributed by atoms with E-state index < -0.39 is 23.8 Å². The molecule has 2 rings (SSSR count). The first-order chi connectivity index (χ1) is 7.90. The third-order valence-corrected chi connectivity index (χ3v) is 4.11. The van der Waals surface area contributed by atoms with Crippen LogP contribution in [0.25, 0.3) is 0 Å². The van der Waals surface area contributed by atoms with Crippen molar-refractivity contribution in [3.05, 3.63) is 21.4 Å². The van der Waals surface area contributed by atoms with Crippen LogP contribution in [-0.2, 0) is 15.1 Å². The van der Waals surface area contributed by atoms with E-state index in [0.29, 0.717) is 10.4 Å². The van der Waals surface area contributed by atoms with Crippen molar-refractivity contribution in [1.29, 1.82) is 0 Å². The highest BCUT2D eigenvalue weighted by molar-refractivity contribution is 7.12. The van der Waals surface area contributed by atoms with Crippen LogP contribution in [0, 0.1) is 6.92 Å². The fraction of sp³-hybridized carbons (Fsp3) is 0.545. The van der Waals surface area contributed by atoms with Gasteiger partial charge in [-0.2, -0.15) is 0 Å². The quantitative estimate of drug-likeness (QED) is 0.627. The predicted octanol–water partition coefficient (Wildman–Crippen LogP) is 0.215. The average Bonchev–Trinajstić information content (AvgIpc) is 2.68. The van der Waals surface area contributed by atoms with E-state index in [2.05, 4.69) is 4.74 Å². The Labute approximate surface area is 102 Å². The number of aryl methyl sites for hydroxylation is 1. The second kappa shape index (κ2) is 4.06. The van der Waals surface area contributed by atoms with Crippen LogP contribution in [0.3, 0.4) is 0 Å². The summed E-state index contributed by atoms with van der Waals surface area (Å²) in [6.45, 7) is 1.81. The molecule has 0 aliphatic heterocycles. The van der Waals surface area contributed by atoms with E-state index in [9.17, 15) is 20.1 Å². The molecule has 0 saturated heterocycles. The van der Waals surface area contributed by atoms with Crippen molar-refractivity contribution < 1.29 is 24.9 Å². The van der Waals surface area contributed by atoms with Crippen molar-refractivity contribution in [2.45, 2.75) is 31.2 Å². The molecule has 94 valence electrons. The fourth-order valence-electron chi connectivity index (χ4n) is 2.14. The number of hydrogen-bond acceptors (Lipinski definition) is 6. The minimum absolute atomic E-state index is 0.260. The summed E-state index contributed by atoms with van der Waals surface area (Å²) in [6, 6.07) is 1.64. The van der Waals surface area contributed by atoms with Gasteiger partial charge in [-0.25, -0.2) is 4.79 Å². The number of carbonyl (C=O) groups is 1. The van der Waals surface area contributed by atoms with Crippen LogP contribution >= 0.6 is 11.3 Å². The number of thiophene rings is 1. The number of carbonyl (C=O) groups excluding carboxylic acids is 1. The Morgan fingerprint density at radius 1 is 1.59 bits per heavy atom. The molecule has 6 heteroatoms. The molecular weight excluding hydrogens is 244 g/mol. The Hall–Kier alpha value is -0.950. The number of hydrogen-bond donors (Lipinski definition) is 3. The molecule has 1 aliphatic rings. The molecule has 0 aromatic carbocycles. The normalized spacial score (nSPS) is 32.1. The summed E-state index contributed by atoms with van der Waals surface area (Å²) in [7, 11) is 1.18. The Morgan fingerprint density at radius 2 is 2.24 bits per heavy atom. The van der Waals surface area contributed by atoms with E-state index in [1.54, 1.807) is 13.0 Å². The SMILES string of the molecule is COC(=O)[C@@]1(O)C[C@@H](O)[C@H](O)c2sc(C)cc21. The zero-order valence-electron chi connectivity index (χ0n) is 9.51. The average molecular weight is 258 g/mol. The second-order valence-electron chi connectivity index (χ2n) is 4.20. The molecule has 0 spiro atoms. The first-order valence-electron chi connectivity index (χ1n) is 5.18. The zero-order valence-corrected chi connectivity index (χ0v) is 10.3. The highest BCUT2D eigenvalue weighted by atomic mass is 32.1. The molecule has 0 bridgehead atoms. The fourth-order valence-corrected chi connectivity index (χ4v) is 3.28. The summed E-state index contributed by atoms with van der Waals surface area (Å²) in [4.78, 5) is 12.9. The van der Waals surface area contributed by atoms with Crippen LogP contribution in [0.15, 0.2) is 6.07 Å². The lowest BCUT2D eigenvalue weighted by atomic mass is 9.80. The van der Waals surface area contributed by atoms with Gasteiger partial charge < -0.3 is 20.1 Å². The van der Waals surface area contributed by atoms with E-state index in [4.69, 9.17) is 0 Å². The zero-order chi connectivity index (χ0) is 12.8. The molecular formula is C11H14O5S. The summed E-state index contributed by atoms with van der Waals surface area (Å²) in [5, 5.41) is 29.9. The Kier molecular flexibility index (Phi) is 2.99. The Balaban J connectivity index is 2.57. The maximum atomic E-state index is 11.7. The molecule has 5 nitrogen and oxygen atoms in total. The third kappa shape index (κ3) is 1.77. The van der Waals surface area contributed by atoms with E-state index in [1.165, 1.54) is 18.4 Å². The van der Waals surface area contributed by atoms with Crippen molar-refractivity contribution in [2.75, 3.05) is 7.11 Å². The largest absolute Gasteiger partial charge is 0.467 e. The summed E-state index contributed by atoms with van der Waals surface area (Å²) < 4.78 is 4.57. The summed E-state index contributed by atoms with van der Waals surface area (Å²) in [5.74, 6) is -0.817. The number of fused-ring (bicyclic) bond motifs is 1. The lowest BCUT2D eigenvalue weighted by Gasteiger charge is -2.35. The van der Waals surface area contributed by atoms with E-state index in [1.807, 2.05) is 0 Å². The number of aliphatic hydroxyl groups is 3. The monoisotopic (exact) mass is 258 g/mol. The third-order valence-electron chi connectivity index (χ3n) is 2.99. The Bertz CT molecular complexity index is 455. The number of rotatable bonds is 1. The van der Waals surface area contributed by atoms with Gasteiger partial charge in [-0.05, 0) is 13.0 Å². The van der Waals surface area contributed by atoms with Gasteiger partial charge in [0.2, 0.25) is 0 Å². The molecule has 17 heavy (non-hydrogen) atoms. The maximum Gasteiger partial charge on any atom is 0.342 e. The topological polar surface area (TPSA) is 87.0 Å². The number of esters is 1. The van der Waals surface area contributed by atoms with Crippen molar-refractivity contribution in [3.8, 4) is 0 Å². The minimum Gasteiger partial charge on any atom is -0.467 e. The van der Waals surface area contributed by atoms with Crippen molar-refractivity contribution in [1.82, 2.24) is 0 Å². The summed E-state index contributed by atoms with van der Waals surface area (Å²) in [5.41, 5.74) is -1.53. The first kappa shape index (κ1) is 12.5. The van der Waals surface area contributed by atoms with E-state index in [-0.39, 0.29) is 6.42 Å². The van der Waals surface area contributed by atoms with Crippen molar-refractivity contribution in [3.63, 3.8) is 0 Å². The van der Waals surface area contributed by atoms with Crippen molar-refractivity contribution in [2.24, 2.45) is 0 Å². The van der Waals surface area contributed by atoms with E-state index >= 15 is 0 Å². The van der Waals surface area contributed by atoms with Gasteiger partial charge in [0.05, 0.1) is 13.2 Å². The van der Waals surface area contributed by atoms with Crippen LogP contribution in [0.1, 0.15) is 27.8 Å². The van der Waals surface area contributed by atoms with Crippen LogP contribution in [0.5, 0.6) is 0 Å². The molecule has 3 N–H and O–H groups in total. The van der Waals surface area contributed by atoms with Gasteiger partial charge in [-0.1, -0.05) is 0 Å². The van der Waals surface area contributed by atoms with Crippen LogP contribution < -0.4 is 0 Å². The number of ether oxygens (including phenoxy) is 1. The van der Waals surface area contributed by atoms with Crippen LogP contribution in [0.2, 0.25) is 0 Å². The first-order valence-corrected chi connectivity index (χ1v) is 5.99. The second-order valence-corrected chi connectivity index (χ2v) is 5.49. The lowest BCUT2D eigenvalue weighted by Crippen LogP contribution is -2.45. The molecule has 3 atom stereocenters. The molecule has 1 aromatic rings. The minimum atomic E-state index is -1.87. The smallest absolute Gasteiger partial charge is 0.342 e. The highest BCUT2D eigenvalue weighted by Gasteiger charge is 2.49. The molecule has 0 unspecified atom stereocenters. The van der Waals surface area contributed by atoms with Gasteiger partial charge in [-0.3, -0.25) is 0 Å². The molecule has 0 radical (unpaired) electrons. The lowest BCUT2D eigenvalue weighted by molar-refractivity contribution is -0.171. The molecule has 0 fully saturated rings. The van der Waals surface area contributed by atoms with Crippen LogP contribution in [0.4, 0.5) is 0 Å². The highest BCUT2D eigenvalue weighted by Crippen LogP contribution is 2.45. The molecule has 0 amide bonds. The van der Waals surface area contributed by atoms with Crippen LogP contribution in [-0.4, -0.2) is 34.5 Å². The van der Waals surface area contributed by atoms with Gasteiger partial charge >= 0.3 is 5.97 Å². The van der Waals surface area contributed by atoms with Crippen molar-refractivity contribution >= 4 is 17.3 Å². The summed E-state index contributed by atoms with van der Waals surface area (Å²) >= 11 is 1.25. The van der Waals surface area contributed by atoms with E-state index in [0.717, 1.165) is 4.88 Å². The number of aliphatic hydroxyl groups excluding tert-OH is 2. The number of methoxy groups -OCH3 is 1. The van der Waals surface area contributed by atoms with Gasteiger partial charge in [0.1, 0.15) is 6.10 Å². The standard InChI is InChI=1S/C11H14O5S/c1-5-3-6-9(17-5)8(13)7(12)4-11(6,15)10(14)16-2/h3,7-8,12-13,15H,4H2,1-2H3/t7-,8+,11-/m1/s1. The predicted molar refractivity (Wildman–Crippen MR) is 60.6 cm³/mol. The maximum absolute atomic E-state index is 11.7. The molecule has 1 heterocycles. The van der Waals surface area contributed by atoms with Gasteiger partial charge in [0, 0.05) is 21.7 Å².